The van der Waals surface area contributed by atoms with Crippen molar-refractivity contribution < 1.29 is 24.2 Å². The standard InChI is InChI=1S/C17H22N2O5/c1-24-12-17(16(22)23)8-5-9-19(11-17)14(20)10-18-15(21)13-6-3-2-4-7-13/h2-4,6-7H,5,8-12H2,1H3,(H,18,21)(H,22,23). The lowest BCUT2D eigenvalue weighted by atomic mass is 9.80. The van der Waals surface area contributed by atoms with Crippen molar-refractivity contribution in [3.63, 3.8) is 0 Å². The minimum absolute atomic E-state index is 0.0580. The largest absolute Gasteiger partial charge is 0.481 e. The Balaban J connectivity index is 1.94. The van der Waals surface area contributed by atoms with Gasteiger partial charge >= 0.3 is 5.97 Å². The molecule has 2 amide bonds. The SMILES string of the molecule is COCC1(C(=O)O)CCCN(C(=O)CNC(=O)c2ccccc2)C1. The lowest BCUT2D eigenvalue weighted by Crippen LogP contribution is -2.53. The number of carbonyl (C=O) groups excluding carboxylic acids is 2. The van der Waals surface area contributed by atoms with Crippen LogP contribution in [0.5, 0.6) is 0 Å². The molecule has 2 rings (SSSR count). The van der Waals surface area contributed by atoms with Crippen LogP contribution in [0.15, 0.2) is 30.3 Å². The van der Waals surface area contributed by atoms with Gasteiger partial charge in [-0.25, -0.2) is 0 Å². The maximum atomic E-state index is 12.3. The number of aliphatic carboxylic acids is 1. The van der Waals surface area contributed by atoms with E-state index < -0.39 is 11.4 Å². The first-order valence-corrected chi connectivity index (χ1v) is 7.82. The van der Waals surface area contributed by atoms with E-state index in [1.54, 1.807) is 30.3 Å². The summed E-state index contributed by atoms with van der Waals surface area (Å²) in [5, 5.41) is 12.1. The van der Waals surface area contributed by atoms with Gasteiger partial charge in [-0.05, 0) is 25.0 Å². The van der Waals surface area contributed by atoms with Gasteiger partial charge in [-0.15, -0.1) is 0 Å². The van der Waals surface area contributed by atoms with Crippen molar-refractivity contribution in [3.05, 3.63) is 35.9 Å². The monoisotopic (exact) mass is 334 g/mol. The summed E-state index contributed by atoms with van der Waals surface area (Å²) in [7, 11) is 1.45. The van der Waals surface area contributed by atoms with Crippen LogP contribution in [0.4, 0.5) is 0 Å². The number of hydrogen-bond acceptors (Lipinski definition) is 4. The van der Waals surface area contributed by atoms with Gasteiger partial charge < -0.3 is 20.1 Å². The minimum atomic E-state index is -1.08. The highest BCUT2D eigenvalue weighted by molar-refractivity contribution is 5.96. The van der Waals surface area contributed by atoms with E-state index in [0.717, 1.165) is 0 Å². The van der Waals surface area contributed by atoms with Gasteiger partial charge in [-0.1, -0.05) is 18.2 Å². The van der Waals surface area contributed by atoms with E-state index in [-0.39, 0.29) is 31.5 Å². The van der Waals surface area contributed by atoms with E-state index in [2.05, 4.69) is 5.32 Å². The third-order valence-electron chi connectivity index (χ3n) is 4.24. The van der Waals surface area contributed by atoms with E-state index >= 15 is 0 Å². The maximum Gasteiger partial charge on any atom is 0.313 e. The highest BCUT2D eigenvalue weighted by Crippen LogP contribution is 2.30. The number of hydrogen-bond donors (Lipinski definition) is 2. The van der Waals surface area contributed by atoms with Crippen LogP contribution in [0.3, 0.4) is 0 Å². The van der Waals surface area contributed by atoms with Crippen molar-refractivity contribution in [2.75, 3.05) is 33.4 Å². The minimum Gasteiger partial charge on any atom is -0.481 e. The highest BCUT2D eigenvalue weighted by atomic mass is 16.5. The van der Waals surface area contributed by atoms with Crippen molar-refractivity contribution in [3.8, 4) is 0 Å². The normalized spacial score (nSPS) is 20.5. The summed E-state index contributed by atoms with van der Waals surface area (Å²) in [5.74, 6) is -1.58. The zero-order valence-electron chi connectivity index (χ0n) is 13.7. The molecule has 1 saturated heterocycles. The van der Waals surface area contributed by atoms with E-state index in [9.17, 15) is 19.5 Å². The second-order valence-electron chi connectivity index (χ2n) is 5.99. The predicted molar refractivity (Wildman–Crippen MR) is 86.5 cm³/mol. The number of likely N-dealkylation sites (tertiary alicyclic amines) is 1. The van der Waals surface area contributed by atoms with Crippen molar-refractivity contribution >= 4 is 17.8 Å². The second kappa shape index (κ2) is 7.92. The zero-order chi connectivity index (χ0) is 17.6. The Morgan fingerprint density at radius 2 is 2.00 bits per heavy atom. The van der Waals surface area contributed by atoms with Gasteiger partial charge in [0.05, 0.1) is 13.2 Å². The van der Waals surface area contributed by atoms with Crippen LogP contribution in [-0.2, 0) is 14.3 Å². The van der Waals surface area contributed by atoms with E-state index in [1.807, 2.05) is 0 Å². The molecular weight excluding hydrogens is 312 g/mol. The smallest absolute Gasteiger partial charge is 0.313 e. The first kappa shape index (κ1) is 17.9. The predicted octanol–water partition coefficient (Wildman–Crippen LogP) is 0.756. The molecule has 1 heterocycles. The molecule has 1 atom stereocenters. The number of rotatable bonds is 6. The Morgan fingerprint density at radius 1 is 1.29 bits per heavy atom. The first-order chi connectivity index (χ1) is 11.5. The molecular formula is C17H22N2O5. The third kappa shape index (κ3) is 4.11. The lowest BCUT2D eigenvalue weighted by molar-refractivity contribution is -0.158. The van der Waals surface area contributed by atoms with Crippen LogP contribution in [0.2, 0.25) is 0 Å². The van der Waals surface area contributed by atoms with E-state index in [4.69, 9.17) is 4.74 Å². The van der Waals surface area contributed by atoms with Gasteiger partial charge in [-0.2, -0.15) is 0 Å². The summed E-state index contributed by atoms with van der Waals surface area (Å²) in [6.45, 7) is 0.480. The Labute approximate surface area is 140 Å². The van der Waals surface area contributed by atoms with Gasteiger partial charge in [0.2, 0.25) is 5.91 Å². The summed E-state index contributed by atoms with van der Waals surface area (Å²) in [6, 6.07) is 8.61. The van der Waals surface area contributed by atoms with E-state index in [0.29, 0.717) is 24.9 Å². The summed E-state index contributed by atoms with van der Waals surface area (Å²) < 4.78 is 5.04. The fraction of sp³-hybridized carbons (Fsp3) is 0.471. The van der Waals surface area contributed by atoms with Crippen molar-refractivity contribution in [2.45, 2.75) is 12.8 Å². The number of piperidine rings is 1. The molecule has 2 N–H and O–H groups in total. The van der Waals surface area contributed by atoms with Crippen LogP contribution in [0.25, 0.3) is 0 Å². The number of ether oxygens (including phenoxy) is 1. The molecule has 7 heteroatoms. The molecule has 0 radical (unpaired) electrons. The number of amides is 2. The highest BCUT2D eigenvalue weighted by Gasteiger charge is 2.43. The number of carboxylic acids is 1. The fourth-order valence-corrected chi connectivity index (χ4v) is 2.93. The molecule has 130 valence electrons. The number of nitrogens with one attached hydrogen (secondary N) is 1. The topological polar surface area (TPSA) is 95.9 Å². The molecule has 0 saturated carbocycles. The van der Waals surface area contributed by atoms with Crippen LogP contribution in [0.1, 0.15) is 23.2 Å². The van der Waals surface area contributed by atoms with Crippen LogP contribution < -0.4 is 5.32 Å². The molecule has 0 aliphatic carbocycles. The average molecular weight is 334 g/mol. The number of methoxy groups -OCH3 is 1. The van der Waals surface area contributed by atoms with Gasteiger partial charge in [0.1, 0.15) is 5.41 Å². The maximum absolute atomic E-state index is 12.3. The van der Waals surface area contributed by atoms with Crippen LogP contribution in [-0.4, -0.2) is 61.1 Å². The Morgan fingerprint density at radius 3 is 2.62 bits per heavy atom. The molecule has 1 aliphatic rings. The summed E-state index contributed by atoms with van der Waals surface area (Å²) >= 11 is 0. The quantitative estimate of drug-likeness (QED) is 0.800. The first-order valence-electron chi connectivity index (χ1n) is 7.82. The molecule has 24 heavy (non-hydrogen) atoms. The van der Waals surface area contributed by atoms with Crippen LogP contribution in [0, 0.1) is 5.41 Å². The number of benzene rings is 1. The second-order valence-corrected chi connectivity index (χ2v) is 5.99. The Kier molecular flexibility index (Phi) is 5.92. The van der Waals surface area contributed by atoms with Crippen molar-refractivity contribution in [1.29, 1.82) is 0 Å². The average Bonchev–Trinajstić information content (AvgIpc) is 2.60. The molecule has 7 nitrogen and oxygen atoms in total. The molecule has 0 aromatic heterocycles. The molecule has 0 spiro atoms. The number of nitrogens with zero attached hydrogens (tertiary/aromatic N) is 1. The van der Waals surface area contributed by atoms with Crippen molar-refractivity contribution in [1.82, 2.24) is 10.2 Å². The molecule has 1 fully saturated rings. The molecule has 1 aromatic carbocycles. The summed E-state index contributed by atoms with van der Waals surface area (Å²) in [4.78, 5) is 37.4. The molecule has 1 aromatic rings. The third-order valence-corrected chi connectivity index (χ3v) is 4.24. The number of carboxylic acid groups (broad SMARTS) is 1. The number of carbonyl (C=O) groups is 3. The van der Waals surface area contributed by atoms with Crippen molar-refractivity contribution in [2.24, 2.45) is 5.41 Å². The van der Waals surface area contributed by atoms with E-state index in [1.165, 1.54) is 12.0 Å². The van der Waals surface area contributed by atoms with Gasteiger partial charge in [-0.3, -0.25) is 14.4 Å². The lowest BCUT2D eigenvalue weighted by Gasteiger charge is -2.39. The fourth-order valence-electron chi connectivity index (χ4n) is 2.93. The molecule has 0 bridgehead atoms. The van der Waals surface area contributed by atoms with Crippen LogP contribution >= 0.6 is 0 Å². The summed E-state index contributed by atoms with van der Waals surface area (Å²) in [5.41, 5.74) is -0.602. The van der Waals surface area contributed by atoms with Gasteiger partial charge in [0.25, 0.3) is 5.91 Å². The molecule has 1 aliphatic heterocycles. The Bertz CT molecular complexity index is 600. The summed E-state index contributed by atoms with van der Waals surface area (Å²) in [6.07, 6.45) is 1.06. The Hall–Kier alpha value is -2.41. The van der Waals surface area contributed by atoms with Gasteiger partial charge in [0, 0.05) is 25.8 Å². The van der Waals surface area contributed by atoms with Gasteiger partial charge in [0.15, 0.2) is 0 Å². The zero-order valence-corrected chi connectivity index (χ0v) is 13.7. The molecule has 1 unspecified atom stereocenters.